The largest absolute Gasteiger partial charge is 0.379 e. The first kappa shape index (κ1) is 14.2. The van der Waals surface area contributed by atoms with Crippen molar-refractivity contribution in [3.05, 3.63) is 36.4 Å². The van der Waals surface area contributed by atoms with Crippen LogP contribution in [0.15, 0.2) is 35.1 Å². The molecule has 0 atom stereocenters. The van der Waals surface area contributed by atoms with Gasteiger partial charge in [-0.3, -0.25) is 9.88 Å². The lowest BCUT2D eigenvalue weighted by molar-refractivity contribution is 0.0155. The van der Waals surface area contributed by atoms with E-state index < -0.39 is 0 Å². The molecule has 112 valence electrons. The molecule has 1 fully saturated rings. The molecule has 0 radical (unpaired) electrons. The van der Waals surface area contributed by atoms with Crippen molar-refractivity contribution in [3.63, 3.8) is 0 Å². The maximum absolute atomic E-state index is 5.64. The van der Waals surface area contributed by atoms with Gasteiger partial charge < -0.3 is 14.0 Å². The first-order valence-corrected chi connectivity index (χ1v) is 7.16. The highest BCUT2D eigenvalue weighted by Gasteiger charge is 2.10. The van der Waals surface area contributed by atoms with E-state index in [-0.39, 0.29) is 0 Å². The van der Waals surface area contributed by atoms with E-state index in [0.717, 1.165) is 49.9 Å². The van der Waals surface area contributed by atoms with E-state index in [4.69, 9.17) is 14.0 Å². The third-order valence-corrected chi connectivity index (χ3v) is 3.43. The number of rotatable bonds is 6. The monoisotopic (exact) mass is 289 g/mol. The standard InChI is InChI=1S/C15H19N3O3/c1-3-16-4-2-13(1)15-11-14(21-17-15)12-20-10-7-18-5-8-19-9-6-18/h1-4,11H,5-10,12H2. The van der Waals surface area contributed by atoms with Crippen LogP contribution in [0, 0.1) is 0 Å². The molecule has 0 unspecified atom stereocenters. The van der Waals surface area contributed by atoms with Crippen molar-refractivity contribution in [1.82, 2.24) is 15.0 Å². The summed E-state index contributed by atoms with van der Waals surface area (Å²) in [5.74, 6) is 0.740. The minimum atomic E-state index is 0.447. The zero-order chi connectivity index (χ0) is 14.3. The summed E-state index contributed by atoms with van der Waals surface area (Å²) in [6, 6.07) is 5.71. The van der Waals surface area contributed by atoms with Crippen LogP contribution < -0.4 is 0 Å². The van der Waals surface area contributed by atoms with Crippen molar-refractivity contribution < 1.29 is 14.0 Å². The number of morpholine rings is 1. The van der Waals surface area contributed by atoms with Crippen LogP contribution in [0.2, 0.25) is 0 Å². The van der Waals surface area contributed by atoms with Crippen LogP contribution in [0.4, 0.5) is 0 Å². The van der Waals surface area contributed by atoms with Gasteiger partial charge in [0.2, 0.25) is 0 Å². The Morgan fingerprint density at radius 3 is 2.81 bits per heavy atom. The molecule has 0 N–H and O–H groups in total. The van der Waals surface area contributed by atoms with Crippen molar-refractivity contribution in [3.8, 4) is 11.3 Å². The molecule has 1 saturated heterocycles. The van der Waals surface area contributed by atoms with Crippen molar-refractivity contribution in [2.75, 3.05) is 39.5 Å². The fraction of sp³-hybridized carbons (Fsp3) is 0.467. The normalized spacial score (nSPS) is 16.2. The number of nitrogens with zero attached hydrogens (tertiary/aromatic N) is 3. The van der Waals surface area contributed by atoms with Gasteiger partial charge in [0, 0.05) is 43.7 Å². The van der Waals surface area contributed by atoms with Gasteiger partial charge in [-0.25, -0.2) is 0 Å². The lowest BCUT2D eigenvalue weighted by Crippen LogP contribution is -2.38. The summed E-state index contributed by atoms with van der Waals surface area (Å²) in [6.07, 6.45) is 3.48. The zero-order valence-corrected chi connectivity index (χ0v) is 11.9. The van der Waals surface area contributed by atoms with E-state index in [1.165, 1.54) is 0 Å². The summed E-state index contributed by atoms with van der Waals surface area (Å²) in [4.78, 5) is 6.33. The highest BCUT2D eigenvalue weighted by molar-refractivity contribution is 5.57. The Morgan fingerprint density at radius 2 is 2.00 bits per heavy atom. The summed E-state index contributed by atoms with van der Waals surface area (Å²) in [6.45, 7) is 5.66. The van der Waals surface area contributed by atoms with E-state index in [2.05, 4.69) is 15.0 Å². The van der Waals surface area contributed by atoms with Crippen molar-refractivity contribution in [1.29, 1.82) is 0 Å². The average molecular weight is 289 g/mol. The summed E-state index contributed by atoms with van der Waals surface area (Å²) >= 11 is 0. The van der Waals surface area contributed by atoms with Crippen molar-refractivity contribution in [2.24, 2.45) is 0 Å². The lowest BCUT2D eigenvalue weighted by Gasteiger charge is -2.26. The molecular formula is C15H19N3O3. The van der Waals surface area contributed by atoms with Crippen LogP contribution in [0.5, 0.6) is 0 Å². The molecule has 2 aromatic heterocycles. The molecule has 0 aliphatic carbocycles. The van der Waals surface area contributed by atoms with Gasteiger partial charge in [0.05, 0.1) is 19.8 Å². The SMILES string of the molecule is c1cc(-c2cc(COCCN3CCOCC3)on2)ccn1. The smallest absolute Gasteiger partial charge is 0.163 e. The van der Waals surface area contributed by atoms with Crippen molar-refractivity contribution >= 4 is 0 Å². The van der Waals surface area contributed by atoms with Gasteiger partial charge in [0.1, 0.15) is 12.3 Å². The topological polar surface area (TPSA) is 60.6 Å². The van der Waals surface area contributed by atoms with Crippen LogP contribution in [0.3, 0.4) is 0 Å². The van der Waals surface area contributed by atoms with Crippen LogP contribution >= 0.6 is 0 Å². The molecule has 0 amide bonds. The fourth-order valence-corrected chi connectivity index (χ4v) is 2.23. The molecule has 6 nitrogen and oxygen atoms in total. The Bertz CT molecular complexity index is 538. The second kappa shape index (κ2) is 7.31. The van der Waals surface area contributed by atoms with Crippen LogP contribution in [0.1, 0.15) is 5.76 Å². The Labute approximate surface area is 123 Å². The Morgan fingerprint density at radius 1 is 1.19 bits per heavy atom. The maximum Gasteiger partial charge on any atom is 0.163 e. The van der Waals surface area contributed by atoms with Gasteiger partial charge in [-0.15, -0.1) is 0 Å². The predicted octanol–water partition coefficient (Wildman–Crippen LogP) is 1.59. The molecule has 0 spiro atoms. The molecule has 1 aliphatic rings. The number of hydrogen-bond acceptors (Lipinski definition) is 6. The highest BCUT2D eigenvalue weighted by Crippen LogP contribution is 2.18. The van der Waals surface area contributed by atoms with Gasteiger partial charge in [-0.2, -0.15) is 0 Å². The van der Waals surface area contributed by atoms with Gasteiger partial charge in [0.15, 0.2) is 5.76 Å². The number of aromatic nitrogens is 2. The summed E-state index contributed by atoms with van der Waals surface area (Å²) in [5.41, 5.74) is 1.80. The predicted molar refractivity (Wildman–Crippen MR) is 76.6 cm³/mol. The van der Waals surface area contributed by atoms with E-state index in [1.54, 1.807) is 12.4 Å². The summed E-state index contributed by atoms with van der Waals surface area (Å²) < 4.78 is 16.2. The Kier molecular flexibility index (Phi) is 4.94. The average Bonchev–Trinajstić information content (AvgIpc) is 3.02. The third-order valence-electron chi connectivity index (χ3n) is 3.43. The quantitative estimate of drug-likeness (QED) is 0.753. The maximum atomic E-state index is 5.64. The van der Waals surface area contributed by atoms with Gasteiger partial charge in [-0.05, 0) is 12.1 Å². The van der Waals surface area contributed by atoms with Gasteiger partial charge in [0.25, 0.3) is 0 Å². The van der Waals surface area contributed by atoms with Crippen LogP contribution in [-0.4, -0.2) is 54.5 Å². The number of ether oxygens (including phenoxy) is 2. The van der Waals surface area contributed by atoms with E-state index >= 15 is 0 Å². The minimum absolute atomic E-state index is 0.447. The molecule has 0 bridgehead atoms. The zero-order valence-electron chi connectivity index (χ0n) is 11.9. The molecular weight excluding hydrogens is 270 g/mol. The number of pyridine rings is 1. The molecule has 6 heteroatoms. The van der Waals surface area contributed by atoms with Crippen molar-refractivity contribution in [2.45, 2.75) is 6.61 Å². The summed E-state index contributed by atoms with van der Waals surface area (Å²) in [5, 5.41) is 4.05. The van der Waals surface area contributed by atoms with Crippen LogP contribution in [0.25, 0.3) is 11.3 Å². The molecule has 2 aromatic rings. The third kappa shape index (κ3) is 4.10. The molecule has 3 rings (SSSR count). The lowest BCUT2D eigenvalue weighted by atomic mass is 10.2. The Hall–Kier alpha value is -1.76. The van der Waals surface area contributed by atoms with Gasteiger partial charge in [-0.1, -0.05) is 5.16 Å². The fourth-order valence-electron chi connectivity index (χ4n) is 2.23. The molecule has 3 heterocycles. The molecule has 0 saturated carbocycles. The highest BCUT2D eigenvalue weighted by atomic mass is 16.5. The van der Waals surface area contributed by atoms with E-state index in [9.17, 15) is 0 Å². The van der Waals surface area contributed by atoms with E-state index in [1.807, 2.05) is 18.2 Å². The molecule has 21 heavy (non-hydrogen) atoms. The molecule has 1 aliphatic heterocycles. The first-order chi connectivity index (χ1) is 10.4. The second-order valence-corrected chi connectivity index (χ2v) is 4.92. The summed E-state index contributed by atoms with van der Waals surface area (Å²) in [7, 11) is 0. The minimum Gasteiger partial charge on any atom is -0.379 e. The molecule has 0 aromatic carbocycles. The second-order valence-electron chi connectivity index (χ2n) is 4.92. The first-order valence-electron chi connectivity index (χ1n) is 7.16. The Balaban J connectivity index is 1.42. The van der Waals surface area contributed by atoms with E-state index in [0.29, 0.717) is 13.2 Å². The van der Waals surface area contributed by atoms with Crippen LogP contribution in [-0.2, 0) is 16.1 Å². The number of hydrogen-bond donors (Lipinski definition) is 0. The van der Waals surface area contributed by atoms with Gasteiger partial charge >= 0.3 is 0 Å².